The van der Waals surface area contributed by atoms with Crippen LogP contribution in [0.2, 0.25) is 0 Å². The van der Waals surface area contributed by atoms with E-state index in [9.17, 15) is 4.79 Å². The molecule has 1 aromatic carbocycles. The number of hydrogen-bond donors (Lipinski definition) is 2. The average molecular weight is 248 g/mol. The summed E-state index contributed by atoms with van der Waals surface area (Å²) >= 11 is 0. The summed E-state index contributed by atoms with van der Waals surface area (Å²) in [7, 11) is 0. The first-order chi connectivity index (χ1) is 8.53. The number of nitrogens with two attached hydrogens (primary N) is 1. The van der Waals surface area contributed by atoms with Gasteiger partial charge in [0.25, 0.3) is 0 Å². The van der Waals surface area contributed by atoms with Crippen LogP contribution in [0.15, 0.2) is 18.2 Å². The Labute approximate surface area is 108 Å². The largest absolute Gasteiger partial charge is 0.381 e. The zero-order valence-corrected chi connectivity index (χ0v) is 11.0. The molecule has 98 valence electrons. The number of hydrogen-bond acceptors (Lipinski definition) is 3. The predicted molar refractivity (Wildman–Crippen MR) is 71.5 cm³/mol. The Kier molecular flexibility index (Phi) is 3.68. The number of carbonyl (C=O) groups is 1. The molecule has 1 fully saturated rings. The average Bonchev–Trinajstić information content (AvgIpc) is 2.36. The molecule has 1 aliphatic rings. The Morgan fingerprint density at radius 3 is 2.67 bits per heavy atom. The lowest BCUT2D eigenvalue weighted by atomic mass is 9.90. The maximum absolute atomic E-state index is 12.3. The minimum atomic E-state index is -0.797. The van der Waals surface area contributed by atoms with Crippen molar-refractivity contribution in [2.24, 2.45) is 5.73 Å². The molecule has 0 atom stereocenters. The summed E-state index contributed by atoms with van der Waals surface area (Å²) in [6.45, 7) is 5.13. The number of rotatable bonds is 2. The molecule has 18 heavy (non-hydrogen) atoms. The van der Waals surface area contributed by atoms with Crippen molar-refractivity contribution in [3.05, 3.63) is 29.3 Å². The molecule has 0 saturated carbocycles. The highest BCUT2D eigenvalue weighted by Gasteiger charge is 2.36. The molecule has 0 unspecified atom stereocenters. The van der Waals surface area contributed by atoms with Gasteiger partial charge >= 0.3 is 0 Å². The van der Waals surface area contributed by atoms with Crippen LogP contribution in [0.1, 0.15) is 24.0 Å². The zero-order chi connectivity index (χ0) is 13.2. The van der Waals surface area contributed by atoms with Crippen LogP contribution in [0.4, 0.5) is 5.69 Å². The highest BCUT2D eigenvalue weighted by molar-refractivity contribution is 5.98. The fourth-order valence-electron chi connectivity index (χ4n) is 2.10. The van der Waals surface area contributed by atoms with Crippen molar-refractivity contribution in [3.63, 3.8) is 0 Å². The Morgan fingerprint density at radius 2 is 2.00 bits per heavy atom. The first-order valence-electron chi connectivity index (χ1n) is 6.27. The molecule has 1 heterocycles. The Morgan fingerprint density at radius 1 is 1.33 bits per heavy atom. The monoisotopic (exact) mass is 248 g/mol. The molecule has 0 aromatic heterocycles. The number of amides is 1. The summed E-state index contributed by atoms with van der Waals surface area (Å²) in [4.78, 5) is 12.3. The van der Waals surface area contributed by atoms with Crippen molar-refractivity contribution < 1.29 is 9.53 Å². The van der Waals surface area contributed by atoms with Crippen molar-refractivity contribution in [2.75, 3.05) is 18.5 Å². The van der Waals surface area contributed by atoms with Gasteiger partial charge in [0, 0.05) is 18.9 Å². The molecule has 0 spiro atoms. The highest BCUT2D eigenvalue weighted by Crippen LogP contribution is 2.23. The second-order valence-corrected chi connectivity index (χ2v) is 4.97. The van der Waals surface area contributed by atoms with Gasteiger partial charge in [-0.15, -0.1) is 0 Å². The van der Waals surface area contributed by atoms with Gasteiger partial charge in [0.2, 0.25) is 5.91 Å². The second-order valence-electron chi connectivity index (χ2n) is 4.97. The van der Waals surface area contributed by atoms with Gasteiger partial charge in [-0.2, -0.15) is 0 Å². The number of nitrogens with one attached hydrogen (secondary N) is 1. The van der Waals surface area contributed by atoms with E-state index in [0.717, 1.165) is 16.8 Å². The maximum Gasteiger partial charge on any atom is 0.244 e. The molecule has 1 amide bonds. The van der Waals surface area contributed by atoms with E-state index >= 15 is 0 Å². The standard InChI is InChI=1S/C14H20N2O2/c1-10-4-3-5-12(11(10)2)16-13(17)14(15)6-8-18-9-7-14/h3-5H,6-9,15H2,1-2H3,(H,16,17). The third-order valence-electron chi connectivity index (χ3n) is 3.69. The van der Waals surface area contributed by atoms with E-state index in [2.05, 4.69) is 5.32 Å². The van der Waals surface area contributed by atoms with Gasteiger partial charge in [0.05, 0.1) is 0 Å². The summed E-state index contributed by atoms with van der Waals surface area (Å²) in [5, 5.41) is 2.94. The smallest absolute Gasteiger partial charge is 0.244 e. The third kappa shape index (κ3) is 2.54. The fraction of sp³-hybridized carbons (Fsp3) is 0.500. The van der Waals surface area contributed by atoms with Gasteiger partial charge in [0.1, 0.15) is 5.54 Å². The molecule has 3 N–H and O–H groups in total. The van der Waals surface area contributed by atoms with E-state index in [1.54, 1.807) is 0 Å². The van der Waals surface area contributed by atoms with Crippen molar-refractivity contribution >= 4 is 11.6 Å². The molecule has 1 aliphatic heterocycles. The number of aryl methyl sites for hydroxylation is 1. The number of benzene rings is 1. The van der Waals surface area contributed by atoms with Gasteiger partial charge in [-0.1, -0.05) is 12.1 Å². The molecule has 0 bridgehead atoms. The van der Waals surface area contributed by atoms with E-state index in [-0.39, 0.29) is 5.91 Å². The fourth-order valence-corrected chi connectivity index (χ4v) is 2.10. The van der Waals surface area contributed by atoms with Crippen LogP contribution in [-0.2, 0) is 9.53 Å². The molecular formula is C14H20N2O2. The van der Waals surface area contributed by atoms with Crippen LogP contribution < -0.4 is 11.1 Å². The van der Waals surface area contributed by atoms with E-state index in [1.165, 1.54) is 0 Å². The lowest BCUT2D eigenvalue weighted by Gasteiger charge is -2.32. The topological polar surface area (TPSA) is 64.4 Å². The molecule has 4 heteroatoms. The van der Waals surface area contributed by atoms with Crippen LogP contribution in [0.3, 0.4) is 0 Å². The van der Waals surface area contributed by atoms with Gasteiger partial charge in [-0.25, -0.2) is 0 Å². The summed E-state index contributed by atoms with van der Waals surface area (Å²) < 4.78 is 5.25. The Hall–Kier alpha value is -1.39. The predicted octanol–water partition coefficient (Wildman–Crippen LogP) is 1.75. The normalized spacial score (nSPS) is 18.4. The number of ether oxygens (including phenoxy) is 1. The van der Waals surface area contributed by atoms with Crippen molar-refractivity contribution in [1.29, 1.82) is 0 Å². The summed E-state index contributed by atoms with van der Waals surface area (Å²) in [5.41, 5.74) is 8.44. The minimum Gasteiger partial charge on any atom is -0.381 e. The number of anilines is 1. The number of carbonyl (C=O) groups excluding carboxylic acids is 1. The molecule has 2 rings (SSSR count). The second kappa shape index (κ2) is 5.08. The van der Waals surface area contributed by atoms with Crippen molar-refractivity contribution in [1.82, 2.24) is 0 Å². The SMILES string of the molecule is Cc1cccc(NC(=O)C2(N)CCOCC2)c1C. The Balaban J connectivity index is 2.13. The highest BCUT2D eigenvalue weighted by atomic mass is 16.5. The van der Waals surface area contributed by atoms with Gasteiger partial charge in [0.15, 0.2) is 0 Å². The van der Waals surface area contributed by atoms with Crippen LogP contribution in [-0.4, -0.2) is 24.7 Å². The molecule has 4 nitrogen and oxygen atoms in total. The molecule has 1 aromatic rings. The van der Waals surface area contributed by atoms with Crippen LogP contribution >= 0.6 is 0 Å². The maximum atomic E-state index is 12.3. The molecule has 0 radical (unpaired) electrons. The van der Waals surface area contributed by atoms with Crippen LogP contribution in [0.25, 0.3) is 0 Å². The molecule has 1 saturated heterocycles. The van der Waals surface area contributed by atoms with E-state index in [4.69, 9.17) is 10.5 Å². The zero-order valence-electron chi connectivity index (χ0n) is 11.0. The first kappa shape index (κ1) is 13.1. The van der Waals surface area contributed by atoms with Gasteiger partial charge < -0.3 is 15.8 Å². The lowest BCUT2D eigenvalue weighted by Crippen LogP contribution is -2.54. The summed E-state index contributed by atoms with van der Waals surface area (Å²) in [5.74, 6) is -0.112. The molecular weight excluding hydrogens is 228 g/mol. The summed E-state index contributed by atoms with van der Waals surface area (Å²) in [6.07, 6.45) is 1.15. The quantitative estimate of drug-likeness (QED) is 0.838. The van der Waals surface area contributed by atoms with E-state index < -0.39 is 5.54 Å². The van der Waals surface area contributed by atoms with Crippen molar-refractivity contribution in [2.45, 2.75) is 32.2 Å². The Bertz CT molecular complexity index is 451. The van der Waals surface area contributed by atoms with E-state index in [1.807, 2.05) is 32.0 Å². The third-order valence-corrected chi connectivity index (χ3v) is 3.69. The van der Waals surface area contributed by atoms with Crippen LogP contribution in [0, 0.1) is 13.8 Å². The first-order valence-corrected chi connectivity index (χ1v) is 6.27. The minimum absolute atomic E-state index is 0.112. The van der Waals surface area contributed by atoms with Gasteiger partial charge in [-0.3, -0.25) is 4.79 Å². The molecule has 0 aliphatic carbocycles. The van der Waals surface area contributed by atoms with Gasteiger partial charge in [-0.05, 0) is 43.9 Å². The van der Waals surface area contributed by atoms with Crippen molar-refractivity contribution in [3.8, 4) is 0 Å². The lowest BCUT2D eigenvalue weighted by molar-refractivity contribution is -0.124. The van der Waals surface area contributed by atoms with E-state index in [0.29, 0.717) is 26.1 Å². The van der Waals surface area contributed by atoms with Crippen LogP contribution in [0.5, 0.6) is 0 Å². The summed E-state index contributed by atoms with van der Waals surface area (Å²) in [6, 6.07) is 5.87.